The van der Waals surface area contributed by atoms with Gasteiger partial charge in [0.2, 0.25) is 10.0 Å². The Hall–Kier alpha value is -3.17. The summed E-state index contributed by atoms with van der Waals surface area (Å²) >= 11 is 0. The average Bonchev–Trinajstić information content (AvgIpc) is 3.03. The normalized spacial score (nSPS) is 14.9. The minimum absolute atomic E-state index is 0.0895. The SMILES string of the molecule is Cc1ccc(S(=O)(=O)N2CCCCC2)cc1C(=O)Nc1c(C)n(C)n(-c2ccccc2)c1=O. The van der Waals surface area contributed by atoms with Gasteiger partial charge in [-0.25, -0.2) is 13.1 Å². The molecule has 2 aromatic carbocycles. The Balaban J connectivity index is 1.68. The van der Waals surface area contributed by atoms with Crippen molar-refractivity contribution in [2.75, 3.05) is 18.4 Å². The fraction of sp³-hybridized carbons (Fsp3) is 0.333. The molecule has 3 aromatic rings. The van der Waals surface area contributed by atoms with Crippen LogP contribution >= 0.6 is 0 Å². The second-order valence-electron chi connectivity index (χ2n) is 8.33. The molecule has 8 nitrogen and oxygen atoms in total. The Bertz CT molecular complexity index is 1350. The second kappa shape index (κ2) is 8.99. The van der Waals surface area contributed by atoms with Crippen molar-refractivity contribution < 1.29 is 13.2 Å². The maximum absolute atomic E-state index is 13.2. The number of hydrogen-bond donors (Lipinski definition) is 1. The maximum atomic E-state index is 13.2. The van der Waals surface area contributed by atoms with Crippen LogP contribution in [0.4, 0.5) is 5.69 Å². The molecule has 0 saturated carbocycles. The highest BCUT2D eigenvalue weighted by atomic mass is 32.2. The number of carbonyl (C=O) groups excluding carboxylic acids is 1. The van der Waals surface area contributed by atoms with E-state index < -0.39 is 15.9 Å². The van der Waals surface area contributed by atoms with Crippen LogP contribution in [0.3, 0.4) is 0 Å². The molecule has 174 valence electrons. The van der Waals surface area contributed by atoms with E-state index in [2.05, 4.69) is 5.32 Å². The van der Waals surface area contributed by atoms with Gasteiger partial charge in [0.25, 0.3) is 11.5 Å². The van der Waals surface area contributed by atoms with Gasteiger partial charge in [0.05, 0.1) is 16.3 Å². The Labute approximate surface area is 193 Å². The third-order valence-corrected chi connectivity index (χ3v) is 8.09. The monoisotopic (exact) mass is 468 g/mol. The molecule has 4 rings (SSSR count). The molecule has 1 amide bonds. The summed E-state index contributed by atoms with van der Waals surface area (Å²) in [7, 11) is -1.93. The van der Waals surface area contributed by atoms with Crippen molar-refractivity contribution in [3.05, 3.63) is 75.7 Å². The highest BCUT2D eigenvalue weighted by molar-refractivity contribution is 7.89. The molecule has 33 heavy (non-hydrogen) atoms. The number of amides is 1. The maximum Gasteiger partial charge on any atom is 0.295 e. The van der Waals surface area contributed by atoms with Gasteiger partial charge in [-0.3, -0.25) is 14.3 Å². The summed E-state index contributed by atoms with van der Waals surface area (Å²) in [5, 5.41) is 2.72. The summed E-state index contributed by atoms with van der Waals surface area (Å²) in [6, 6.07) is 13.7. The van der Waals surface area contributed by atoms with Gasteiger partial charge in [-0.15, -0.1) is 0 Å². The Morgan fingerprint density at radius 2 is 1.64 bits per heavy atom. The molecule has 1 aliphatic rings. The van der Waals surface area contributed by atoms with E-state index in [0.717, 1.165) is 19.3 Å². The third kappa shape index (κ3) is 4.26. The molecule has 0 radical (unpaired) electrons. The van der Waals surface area contributed by atoms with Crippen molar-refractivity contribution in [3.63, 3.8) is 0 Å². The Morgan fingerprint density at radius 1 is 0.970 bits per heavy atom. The highest BCUT2D eigenvalue weighted by Crippen LogP contribution is 2.24. The third-order valence-electron chi connectivity index (χ3n) is 6.20. The fourth-order valence-electron chi connectivity index (χ4n) is 4.15. The van der Waals surface area contributed by atoms with Crippen LogP contribution in [0, 0.1) is 13.8 Å². The van der Waals surface area contributed by atoms with Gasteiger partial charge < -0.3 is 5.32 Å². The molecule has 0 aliphatic carbocycles. The summed E-state index contributed by atoms with van der Waals surface area (Å²) in [5.41, 5.74) is 1.93. The summed E-state index contributed by atoms with van der Waals surface area (Å²) in [6.45, 7) is 4.47. The lowest BCUT2D eigenvalue weighted by Crippen LogP contribution is -2.35. The van der Waals surface area contributed by atoms with E-state index in [0.29, 0.717) is 30.0 Å². The fourth-order valence-corrected chi connectivity index (χ4v) is 5.70. The molecule has 1 aromatic heterocycles. The van der Waals surface area contributed by atoms with E-state index >= 15 is 0 Å². The van der Waals surface area contributed by atoms with Crippen LogP contribution in [0.2, 0.25) is 0 Å². The minimum Gasteiger partial charge on any atom is -0.316 e. The van der Waals surface area contributed by atoms with Crippen molar-refractivity contribution in [1.82, 2.24) is 13.7 Å². The van der Waals surface area contributed by atoms with Crippen LogP contribution in [-0.2, 0) is 17.1 Å². The molecular formula is C24H28N4O4S. The van der Waals surface area contributed by atoms with Crippen LogP contribution in [0.1, 0.15) is 40.9 Å². The number of sulfonamides is 1. The van der Waals surface area contributed by atoms with Crippen molar-refractivity contribution in [2.24, 2.45) is 7.05 Å². The minimum atomic E-state index is -3.68. The highest BCUT2D eigenvalue weighted by Gasteiger charge is 2.27. The first-order valence-corrected chi connectivity index (χ1v) is 12.4. The molecule has 1 aliphatic heterocycles. The summed E-state index contributed by atoms with van der Waals surface area (Å²) in [6.07, 6.45) is 2.68. The number of aryl methyl sites for hydroxylation is 1. The molecule has 1 fully saturated rings. The quantitative estimate of drug-likeness (QED) is 0.622. The molecule has 0 unspecified atom stereocenters. The topological polar surface area (TPSA) is 93.4 Å². The number of carbonyl (C=O) groups is 1. The van der Waals surface area contributed by atoms with E-state index in [1.54, 1.807) is 31.6 Å². The predicted octanol–water partition coefficient (Wildman–Crippen LogP) is 3.22. The van der Waals surface area contributed by atoms with Gasteiger partial charge in [0, 0.05) is 25.7 Å². The molecular weight excluding hydrogens is 440 g/mol. The smallest absolute Gasteiger partial charge is 0.295 e. The molecule has 1 N–H and O–H groups in total. The van der Waals surface area contributed by atoms with Crippen molar-refractivity contribution in [1.29, 1.82) is 0 Å². The summed E-state index contributed by atoms with van der Waals surface area (Å²) in [5.74, 6) is -0.519. The first-order valence-electron chi connectivity index (χ1n) is 11.0. The number of hydrogen-bond acceptors (Lipinski definition) is 4. The van der Waals surface area contributed by atoms with E-state index in [1.165, 1.54) is 21.1 Å². The Kier molecular flexibility index (Phi) is 6.27. The van der Waals surface area contributed by atoms with E-state index in [1.807, 2.05) is 30.3 Å². The van der Waals surface area contributed by atoms with Crippen molar-refractivity contribution >= 4 is 21.6 Å². The summed E-state index contributed by atoms with van der Waals surface area (Å²) in [4.78, 5) is 26.4. The van der Waals surface area contributed by atoms with Crippen LogP contribution in [-0.4, -0.2) is 41.1 Å². The number of benzene rings is 2. The molecule has 0 bridgehead atoms. The molecule has 1 saturated heterocycles. The van der Waals surface area contributed by atoms with Gasteiger partial charge in [-0.2, -0.15) is 4.31 Å². The zero-order valence-electron chi connectivity index (χ0n) is 19.0. The zero-order chi connectivity index (χ0) is 23.8. The van der Waals surface area contributed by atoms with Crippen molar-refractivity contribution in [2.45, 2.75) is 38.0 Å². The first kappa shape index (κ1) is 23.0. The van der Waals surface area contributed by atoms with E-state index in [4.69, 9.17) is 0 Å². The van der Waals surface area contributed by atoms with Gasteiger partial charge in [-0.05, 0) is 56.5 Å². The van der Waals surface area contributed by atoms with Gasteiger partial charge in [0.1, 0.15) is 5.69 Å². The van der Waals surface area contributed by atoms with Crippen LogP contribution < -0.4 is 10.9 Å². The number of nitrogens with one attached hydrogen (secondary N) is 1. The first-order chi connectivity index (χ1) is 15.7. The Morgan fingerprint density at radius 3 is 2.30 bits per heavy atom. The number of anilines is 1. The molecule has 9 heteroatoms. The average molecular weight is 469 g/mol. The van der Waals surface area contributed by atoms with E-state index in [-0.39, 0.29) is 21.7 Å². The zero-order valence-corrected chi connectivity index (χ0v) is 19.9. The number of para-hydroxylation sites is 1. The number of nitrogens with zero attached hydrogens (tertiary/aromatic N) is 3. The van der Waals surface area contributed by atoms with Crippen molar-refractivity contribution in [3.8, 4) is 5.69 Å². The van der Waals surface area contributed by atoms with Gasteiger partial charge in [0.15, 0.2) is 0 Å². The largest absolute Gasteiger partial charge is 0.316 e. The van der Waals surface area contributed by atoms with Crippen LogP contribution in [0.5, 0.6) is 0 Å². The van der Waals surface area contributed by atoms with E-state index in [9.17, 15) is 18.0 Å². The number of aromatic nitrogens is 2. The van der Waals surface area contributed by atoms with Gasteiger partial charge >= 0.3 is 0 Å². The lowest BCUT2D eigenvalue weighted by molar-refractivity contribution is 0.102. The molecule has 2 heterocycles. The lowest BCUT2D eigenvalue weighted by atomic mass is 10.1. The standard InChI is InChI=1S/C24H28N4O4S/c1-17-12-13-20(33(31,32)27-14-8-5-9-15-27)16-21(17)23(29)25-22-18(2)26(3)28(24(22)30)19-10-6-4-7-11-19/h4,6-7,10-13,16H,5,8-9,14-15H2,1-3H3,(H,25,29). The number of piperidine rings is 1. The summed E-state index contributed by atoms with van der Waals surface area (Å²) < 4.78 is 30.8. The predicted molar refractivity (Wildman–Crippen MR) is 127 cm³/mol. The number of rotatable bonds is 5. The molecule has 0 atom stereocenters. The van der Waals surface area contributed by atoms with Crippen LogP contribution in [0.15, 0.2) is 58.2 Å². The second-order valence-corrected chi connectivity index (χ2v) is 10.3. The molecule has 0 spiro atoms. The van der Waals surface area contributed by atoms with Gasteiger partial charge in [-0.1, -0.05) is 30.7 Å². The van der Waals surface area contributed by atoms with Crippen LogP contribution in [0.25, 0.3) is 5.69 Å². The lowest BCUT2D eigenvalue weighted by Gasteiger charge is -2.26.